The van der Waals surface area contributed by atoms with Crippen LogP contribution < -0.4 is 5.32 Å². The molecule has 3 rings (SSSR count). The lowest BCUT2D eigenvalue weighted by molar-refractivity contribution is 0.667. The summed E-state index contributed by atoms with van der Waals surface area (Å²) in [6.07, 6.45) is 2.39. The van der Waals surface area contributed by atoms with Gasteiger partial charge in [-0.05, 0) is 48.4 Å². The van der Waals surface area contributed by atoms with Crippen LogP contribution in [0.1, 0.15) is 28.5 Å². The molecule has 0 bridgehead atoms. The molecule has 16 heavy (non-hydrogen) atoms. The molecule has 1 aromatic heterocycles. The third-order valence-electron chi connectivity index (χ3n) is 3.32. The number of aryl methyl sites for hydroxylation is 2. The molecule has 0 spiro atoms. The average molecular weight is 229 g/mol. The van der Waals surface area contributed by atoms with Gasteiger partial charge >= 0.3 is 0 Å². The van der Waals surface area contributed by atoms with Gasteiger partial charge in [-0.2, -0.15) is 0 Å². The van der Waals surface area contributed by atoms with Crippen molar-refractivity contribution in [2.45, 2.75) is 25.8 Å². The van der Waals surface area contributed by atoms with Crippen LogP contribution in [0.5, 0.6) is 0 Å². The molecule has 82 valence electrons. The van der Waals surface area contributed by atoms with Crippen LogP contribution in [0.4, 0.5) is 5.69 Å². The highest BCUT2D eigenvalue weighted by Gasteiger charge is 2.20. The lowest BCUT2D eigenvalue weighted by Crippen LogP contribution is -2.17. The van der Waals surface area contributed by atoms with Gasteiger partial charge in [0.1, 0.15) is 0 Å². The van der Waals surface area contributed by atoms with E-state index in [4.69, 9.17) is 0 Å². The standard InChI is InChI=1S/C14H15NS/c1-10-12(8-9-16-10)14-7-6-11-4-2-3-5-13(11)15-14/h2-5,8-9,14-15H,6-7H2,1H3. The van der Waals surface area contributed by atoms with E-state index >= 15 is 0 Å². The lowest BCUT2D eigenvalue weighted by Gasteiger charge is -2.27. The third kappa shape index (κ3) is 1.63. The summed E-state index contributed by atoms with van der Waals surface area (Å²) in [7, 11) is 0. The zero-order valence-corrected chi connectivity index (χ0v) is 10.2. The number of fused-ring (bicyclic) bond motifs is 1. The SMILES string of the molecule is Cc1sccc1C1CCc2ccccc2N1. The van der Waals surface area contributed by atoms with Gasteiger partial charge in [0.25, 0.3) is 0 Å². The van der Waals surface area contributed by atoms with E-state index in [1.165, 1.54) is 34.5 Å². The van der Waals surface area contributed by atoms with Crippen LogP contribution in [0.2, 0.25) is 0 Å². The molecule has 1 N–H and O–H groups in total. The molecule has 0 aliphatic carbocycles. The van der Waals surface area contributed by atoms with E-state index in [2.05, 4.69) is 48.0 Å². The Morgan fingerprint density at radius 2 is 2.12 bits per heavy atom. The van der Waals surface area contributed by atoms with Crippen molar-refractivity contribution in [3.8, 4) is 0 Å². The van der Waals surface area contributed by atoms with Crippen LogP contribution in [0, 0.1) is 6.92 Å². The first-order valence-corrected chi connectivity index (χ1v) is 6.61. The molecule has 0 amide bonds. The molecule has 1 nitrogen and oxygen atoms in total. The second-order valence-corrected chi connectivity index (χ2v) is 5.45. The van der Waals surface area contributed by atoms with Gasteiger partial charge < -0.3 is 5.32 Å². The Morgan fingerprint density at radius 3 is 2.94 bits per heavy atom. The largest absolute Gasteiger partial charge is 0.378 e. The highest BCUT2D eigenvalue weighted by atomic mass is 32.1. The number of anilines is 1. The fraction of sp³-hybridized carbons (Fsp3) is 0.286. The Bertz CT molecular complexity index is 501. The maximum atomic E-state index is 3.65. The Labute approximate surface area is 100 Å². The van der Waals surface area contributed by atoms with Crippen LogP contribution in [-0.2, 0) is 6.42 Å². The molecule has 1 atom stereocenters. The van der Waals surface area contributed by atoms with Crippen molar-refractivity contribution in [1.82, 2.24) is 0 Å². The number of nitrogens with one attached hydrogen (secondary N) is 1. The molecule has 2 heteroatoms. The number of hydrogen-bond donors (Lipinski definition) is 1. The molecule has 0 radical (unpaired) electrons. The highest BCUT2D eigenvalue weighted by molar-refractivity contribution is 7.10. The van der Waals surface area contributed by atoms with Crippen molar-refractivity contribution in [3.63, 3.8) is 0 Å². The summed E-state index contributed by atoms with van der Waals surface area (Å²) in [5.41, 5.74) is 4.23. The fourth-order valence-electron chi connectivity index (χ4n) is 2.43. The summed E-state index contributed by atoms with van der Waals surface area (Å²) in [5, 5.41) is 5.83. The number of benzene rings is 1. The smallest absolute Gasteiger partial charge is 0.0527 e. The van der Waals surface area contributed by atoms with Crippen LogP contribution in [-0.4, -0.2) is 0 Å². The Hall–Kier alpha value is -1.28. The predicted molar refractivity (Wildman–Crippen MR) is 70.2 cm³/mol. The maximum absolute atomic E-state index is 3.65. The van der Waals surface area contributed by atoms with Crippen molar-refractivity contribution in [2.75, 3.05) is 5.32 Å². The predicted octanol–water partition coefficient (Wildman–Crippen LogP) is 4.16. The Balaban J connectivity index is 1.91. The van der Waals surface area contributed by atoms with E-state index in [-0.39, 0.29) is 0 Å². The van der Waals surface area contributed by atoms with E-state index in [1.54, 1.807) is 0 Å². The molecule has 0 fully saturated rings. The second-order valence-electron chi connectivity index (χ2n) is 4.32. The van der Waals surface area contributed by atoms with Crippen LogP contribution in [0.3, 0.4) is 0 Å². The molecule has 1 aliphatic heterocycles. The van der Waals surface area contributed by atoms with Crippen molar-refractivity contribution >= 4 is 17.0 Å². The van der Waals surface area contributed by atoms with Gasteiger partial charge in [-0.25, -0.2) is 0 Å². The molecule has 0 saturated carbocycles. The zero-order chi connectivity index (χ0) is 11.0. The minimum absolute atomic E-state index is 0.501. The van der Waals surface area contributed by atoms with E-state index in [1.807, 2.05) is 11.3 Å². The molecular weight excluding hydrogens is 214 g/mol. The van der Waals surface area contributed by atoms with Crippen LogP contribution in [0.15, 0.2) is 35.7 Å². The van der Waals surface area contributed by atoms with Gasteiger partial charge in [0.2, 0.25) is 0 Å². The molecule has 2 aromatic rings. The number of para-hydroxylation sites is 1. The minimum Gasteiger partial charge on any atom is -0.378 e. The molecule has 1 aliphatic rings. The topological polar surface area (TPSA) is 12.0 Å². The molecule has 1 unspecified atom stereocenters. The van der Waals surface area contributed by atoms with Gasteiger partial charge in [0, 0.05) is 10.6 Å². The van der Waals surface area contributed by atoms with Gasteiger partial charge in [-0.1, -0.05) is 18.2 Å². The van der Waals surface area contributed by atoms with Crippen molar-refractivity contribution in [2.24, 2.45) is 0 Å². The summed E-state index contributed by atoms with van der Waals surface area (Å²) >= 11 is 1.84. The summed E-state index contributed by atoms with van der Waals surface area (Å²) in [6, 6.07) is 11.4. The monoisotopic (exact) mass is 229 g/mol. The van der Waals surface area contributed by atoms with Crippen LogP contribution >= 0.6 is 11.3 Å². The van der Waals surface area contributed by atoms with Crippen molar-refractivity contribution in [1.29, 1.82) is 0 Å². The Kier molecular flexibility index (Phi) is 2.44. The normalized spacial score (nSPS) is 18.9. The lowest BCUT2D eigenvalue weighted by atomic mass is 9.94. The number of hydrogen-bond acceptors (Lipinski definition) is 2. The van der Waals surface area contributed by atoms with Crippen molar-refractivity contribution < 1.29 is 0 Å². The summed E-state index contributed by atoms with van der Waals surface area (Å²) in [6.45, 7) is 2.21. The summed E-state index contributed by atoms with van der Waals surface area (Å²) in [5.74, 6) is 0. The first-order chi connectivity index (χ1) is 7.84. The summed E-state index contributed by atoms with van der Waals surface area (Å²) < 4.78 is 0. The van der Waals surface area contributed by atoms with Gasteiger partial charge in [-0.3, -0.25) is 0 Å². The van der Waals surface area contributed by atoms with E-state index < -0.39 is 0 Å². The first-order valence-electron chi connectivity index (χ1n) is 5.73. The van der Waals surface area contributed by atoms with Crippen molar-refractivity contribution in [3.05, 3.63) is 51.7 Å². The fourth-order valence-corrected chi connectivity index (χ4v) is 3.19. The number of thiophene rings is 1. The second kappa shape index (κ2) is 3.95. The zero-order valence-electron chi connectivity index (χ0n) is 9.36. The van der Waals surface area contributed by atoms with E-state index in [9.17, 15) is 0 Å². The first kappa shape index (κ1) is 9.91. The number of rotatable bonds is 1. The molecular formula is C14H15NS. The average Bonchev–Trinajstić information content (AvgIpc) is 2.75. The molecule has 2 heterocycles. The van der Waals surface area contributed by atoms with Crippen LogP contribution in [0.25, 0.3) is 0 Å². The van der Waals surface area contributed by atoms with Gasteiger partial charge in [0.05, 0.1) is 6.04 Å². The Morgan fingerprint density at radius 1 is 1.25 bits per heavy atom. The highest BCUT2D eigenvalue weighted by Crippen LogP contribution is 2.34. The third-order valence-corrected chi connectivity index (χ3v) is 4.19. The van der Waals surface area contributed by atoms with E-state index in [0.717, 1.165) is 0 Å². The quantitative estimate of drug-likeness (QED) is 0.774. The summed E-state index contributed by atoms with van der Waals surface area (Å²) in [4.78, 5) is 1.44. The van der Waals surface area contributed by atoms with Gasteiger partial charge in [0.15, 0.2) is 0 Å². The minimum atomic E-state index is 0.501. The molecule has 0 saturated heterocycles. The maximum Gasteiger partial charge on any atom is 0.0527 e. The van der Waals surface area contributed by atoms with Gasteiger partial charge in [-0.15, -0.1) is 11.3 Å². The molecule has 1 aromatic carbocycles. The van der Waals surface area contributed by atoms with E-state index in [0.29, 0.717) is 6.04 Å².